The average Bonchev–Trinajstić information content (AvgIpc) is 3.21. The molecule has 0 radical (unpaired) electrons. The van der Waals surface area contributed by atoms with Gasteiger partial charge in [-0.3, -0.25) is 9.59 Å². The number of benzene rings is 1. The summed E-state index contributed by atoms with van der Waals surface area (Å²) in [5.74, 6) is 0.180. The van der Waals surface area contributed by atoms with Crippen LogP contribution in [0, 0.1) is 5.41 Å². The molecule has 2 aromatic carbocycles. The lowest BCUT2D eigenvalue weighted by atomic mass is 9.72. The number of furan rings is 1. The molecular weight excluding hydrogens is 470 g/mol. The summed E-state index contributed by atoms with van der Waals surface area (Å²) in [5.41, 5.74) is -0.844. The van der Waals surface area contributed by atoms with Crippen LogP contribution in [0.2, 0.25) is 5.02 Å². The van der Waals surface area contributed by atoms with Gasteiger partial charge in [-0.2, -0.15) is 0 Å². The Balaban J connectivity index is 1.72. The van der Waals surface area contributed by atoms with Crippen LogP contribution in [-0.4, -0.2) is 31.9 Å². The molecule has 9 nitrogen and oxygen atoms in total. The van der Waals surface area contributed by atoms with Crippen LogP contribution < -0.4 is 21.5 Å². The van der Waals surface area contributed by atoms with Crippen molar-refractivity contribution in [3.8, 4) is 5.75 Å². The van der Waals surface area contributed by atoms with Crippen LogP contribution in [0.4, 0.5) is 17.1 Å². The molecule has 0 saturated carbocycles. The van der Waals surface area contributed by atoms with Crippen molar-refractivity contribution >= 4 is 38.7 Å². The molecule has 33 heavy (non-hydrogen) atoms. The third-order valence-electron chi connectivity index (χ3n) is 6.15. The third-order valence-corrected chi connectivity index (χ3v) is 8.47. The van der Waals surface area contributed by atoms with Crippen LogP contribution in [0.3, 0.4) is 0 Å². The molecule has 0 fully saturated rings. The molecule has 0 saturated heterocycles. The lowest BCUT2D eigenvalue weighted by Gasteiger charge is -2.39. The highest BCUT2D eigenvalue weighted by Gasteiger charge is 2.39. The Morgan fingerprint density at radius 3 is 2.48 bits per heavy atom. The van der Waals surface area contributed by atoms with Crippen molar-refractivity contribution in [1.29, 1.82) is 0 Å². The van der Waals surface area contributed by atoms with E-state index in [4.69, 9.17) is 16.0 Å². The highest BCUT2D eigenvalue weighted by molar-refractivity contribution is 7.89. The highest BCUT2D eigenvalue weighted by Crippen LogP contribution is 2.46. The number of phenols is 1. The van der Waals surface area contributed by atoms with Gasteiger partial charge in [0.15, 0.2) is 5.75 Å². The molecule has 11 heteroatoms. The lowest BCUT2D eigenvalue weighted by Crippen LogP contribution is -2.41. The maximum Gasteiger partial charge on any atom is 0.253 e. The number of fused-ring (bicyclic) bond motifs is 1. The number of sulfonamides is 1. The maximum atomic E-state index is 12.6. The molecule has 0 aliphatic heterocycles. The molecule has 176 valence electrons. The van der Waals surface area contributed by atoms with Gasteiger partial charge in [0, 0.05) is 26.1 Å². The van der Waals surface area contributed by atoms with Crippen molar-refractivity contribution in [2.24, 2.45) is 5.41 Å². The number of halogens is 1. The summed E-state index contributed by atoms with van der Waals surface area (Å²) < 4.78 is 31.7. The van der Waals surface area contributed by atoms with Gasteiger partial charge in [0.25, 0.3) is 10.9 Å². The Morgan fingerprint density at radius 1 is 1.15 bits per heavy atom. The van der Waals surface area contributed by atoms with E-state index >= 15 is 0 Å². The van der Waals surface area contributed by atoms with E-state index in [2.05, 4.69) is 24.5 Å². The second kappa shape index (κ2) is 7.89. The summed E-state index contributed by atoms with van der Waals surface area (Å²) in [7, 11) is -1.46. The standard InChI is InChI=1S/C22H24ClN3O6S/c1-22(2)9-7-14-11(8-10-32-14)21(22)25-16-15(18(28)19(16)29)24-13-6-5-12(23)20(17(13)27)33(30,31)26(3)4/h5-6,8,10,21,24-25,27H,7,9H2,1-4H3. The molecular formula is C22H24ClN3O6S. The van der Waals surface area contributed by atoms with Gasteiger partial charge in [0.1, 0.15) is 22.0 Å². The van der Waals surface area contributed by atoms with Crippen molar-refractivity contribution in [3.05, 3.63) is 61.3 Å². The predicted octanol–water partition coefficient (Wildman–Crippen LogP) is 3.35. The second-order valence-electron chi connectivity index (χ2n) is 8.96. The van der Waals surface area contributed by atoms with Crippen LogP contribution in [0.5, 0.6) is 5.75 Å². The van der Waals surface area contributed by atoms with Gasteiger partial charge >= 0.3 is 0 Å². The maximum absolute atomic E-state index is 12.6. The summed E-state index contributed by atoms with van der Waals surface area (Å²) in [6.45, 7) is 4.12. The molecule has 1 heterocycles. The number of aromatic hydroxyl groups is 1. The Bertz CT molecular complexity index is 1420. The smallest absolute Gasteiger partial charge is 0.253 e. The van der Waals surface area contributed by atoms with Crippen molar-refractivity contribution < 1.29 is 17.9 Å². The van der Waals surface area contributed by atoms with Crippen LogP contribution in [0.15, 0.2) is 43.4 Å². The molecule has 3 N–H and O–H groups in total. The fourth-order valence-electron chi connectivity index (χ4n) is 4.09. The Kier molecular flexibility index (Phi) is 5.58. The zero-order valence-electron chi connectivity index (χ0n) is 18.5. The van der Waals surface area contributed by atoms with Gasteiger partial charge in [-0.1, -0.05) is 25.4 Å². The monoisotopic (exact) mass is 493 g/mol. The van der Waals surface area contributed by atoms with E-state index in [1.165, 1.54) is 26.2 Å². The van der Waals surface area contributed by atoms with Crippen LogP contribution in [-0.2, 0) is 16.4 Å². The number of hydrogen-bond donors (Lipinski definition) is 3. The zero-order valence-corrected chi connectivity index (χ0v) is 20.1. The molecule has 0 bridgehead atoms. The van der Waals surface area contributed by atoms with Crippen LogP contribution >= 0.6 is 11.6 Å². The van der Waals surface area contributed by atoms with Gasteiger partial charge in [0.05, 0.1) is 23.0 Å². The van der Waals surface area contributed by atoms with Gasteiger partial charge < -0.3 is 20.2 Å². The number of phenolic OH excluding ortho intramolecular Hbond substituents is 1. The lowest BCUT2D eigenvalue weighted by molar-refractivity contribution is 0.250. The molecule has 1 atom stereocenters. The van der Waals surface area contributed by atoms with Gasteiger partial charge in [0.2, 0.25) is 10.0 Å². The van der Waals surface area contributed by atoms with Crippen molar-refractivity contribution in [3.63, 3.8) is 0 Å². The first-order chi connectivity index (χ1) is 15.4. The Labute approximate surface area is 195 Å². The summed E-state index contributed by atoms with van der Waals surface area (Å²) in [5, 5.41) is 16.4. The molecule has 1 unspecified atom stereocenters. The largest absolute Gasteiger partial charge is 0.504 e. The van der Waals surface area contributed by atoms with E-state index in [-0.39, 0.29) is 33.5 Å². The Morgan fingerprint density at radius 2 is 1.82 bits per heavy atom. The number of nitrogens with zero attached hydrogens (tertiary/aromatic N) is 1. The first-order valence-corrected chi connectivity index (χ1v) is 12.0. The van der Waals surface area contributed by atoms with Crippen molar-refractivity contribution in [1.82, 2.24) is 4.31 Å². The number of hydrogen-bond acceptors (Lipinski definition) is 8. The minimum absolute atomic E-state index is 0.0581. The first kappa shape index (κ1) is 23.3. The van der Waals surface area contributed by atoms with Crippen LogP contribution in [0.1, 0.15) is 37.6 Å². The van der Waals surface area contributed by atoms with E-state index < -0.39 is 31.5 Å². The van der Waals surface area contributed by atoms with E-state index in [0.29, 0.717) is 0 Å². The summed E-state index contributed by atoms with van der Waals surface area (Å²) in [6.07, 6.45) is 3.18. The highest BCUT2D eigenvalue weighted by atomic mass is 35.5. The minimum Gasteiger partial charge on any atom is -0.504 e. The minimum atomic E-state index is -4.07. The van der Waals surface area contributed by atoms with Crippen molar-refractivity contribution in [2.75, 3.05) is 24.7 Å². The van der Waals surface area contributed by atoms with Gasteiger partial charge in [-0.25, -0.2) is 12.7 Å². The second-order valence-corrected chi connectivity index (χ2v) is 11.5. The number of aryl methyl sites for hydroxylation is 1. The topological polar surface area (TPSA) is 129 Å². The van der Waals surface area contributed by atoms with E-state index in [1.54, 1.807) is 6.26 Å². The van der Waals surface area contributed by atoms with Crippen molar-refractivity contribution in [2.45, 2.75) is 37.6 Å². The molecule has 0 amide bonds. The normalized spacial score (nSPS) is 17.8. The summed E-state index contributed by atoms with van der Waals surface area (Å²) in [4.78, 5) is 24.3. The third kappa shape index (κ3) is 3.71. The SMILES string of the molecule is CN(C)S(=O)(=O)c1c(Cl)ccc(Nc2c(NC3c4ccoc4CCC3(C)C)c(=O)c2=O)c1O. The number of rotatable bonds is 6. The van der Waals surface area contributed by atoms with E-state index in [1.807, 2.05) is 6.07 Å². The van der Waals surface area contributed by atoms with Gasteiger partial charge in [-0.15, -0.1) is 0 Å². The molecule has 0 spiro atoms. The molecule has 3 aromatic rings. The fraction of sp³-hybridized carbons (Fsp3) is 0.364. The predicted molar refractivity (Wildman–Crippen MR) is 126 cm³/mol. The van der Waals surface area contributed by atoms with E-state index in [9.17, 15) is 23.1 Å². The summed E-state index contributed by atoms with van der Waals surface area (Å²) >= 11 is 6.04. The Hall–Kier alpha value is -2.82. The van der Waals surface area contributed by atoms with E-state index in [0.717, 1.165) is 28.5 Å². The molecule has 1 aliphatic rings. The molecule has 4 rings (SSSR count). The molecule has 1 aromatic heterocycles. The zero-order chi connectivity index (χ0) is 24.3. The summed E-state index contributed by atoms with van der Waals surface area (Å²) in [6, 6.07) is 4.19. The fourth-order valence-corrected chi connectivity index (χ4v) is 5.57. The quantitative estimate of drug-likeness (QED) is 0.352. The van der Waals surface area contributed by atoms with Gasteiger partial charge in [-0.05, 0) is 30.0 Å². The number of anilines is 3. The number of nitrogens with one attached hydrogen (secondary N) is 2. The first-order valence-electron chi connectivity index (χ1n) is 10.2. The average molecular weight is 494 g/mol. The molecule has 1 aliphatic carbocycles. The van der Waals surface area contributed by atoms with Crippen LogP contribution in [0.25, 0.3) is 0 Å².